The van der Waals surface area contributed by atoms with Gasteiger partial charge < -0.3 is 4.90 Å². The summed E-state index contributed by atoms with van der Waals surface area (Å²) >= 11 is 0. The van der Waals surface area contributed by atoms with Gasteiger partial charge in [-0.2, -0.15) is 0 Å². The molecule has 1 amide bonds. The lowest BCUT2D eigenvalue weighted by Crippen LogP contribution is -2.19. The highest BCUT2D eigenvalue weighted by molar-refractivity contribution is 6.01. The van der Waals surface area contributed by atoms with Crippen LogP contribution in [0.1, 0.15) is 0 Å². The van der Waals surface area contributed by atoms with Crippen LogP contribution in [0.2, 0.25) is 0 Å². The molecule has 1 heterocycles. The van der Waals surface area contributed by atoms with Crippen molar-refractivity contribution in [3.8, 4) is 0 Å². The molecule has 0 fully saturated rings. The molecule has 1 aromatic carbocycles. The van der Waals surface area contributed by atoms with Crippen LogP contribution in [0.5, 0.6) is 0 Å². The van der Waals surface area contributed by atoms with Gasteiger partial charge in [-0.15, -0.1) is 0 Å². The minimum Gasteiger partial charge on any atom is -0.323 e. The lowest BCUT2D eigenvalue weighted by molar-refractivity contribution is -0.115. The Morgan fingerprint density at radius 1 is 1.42 bits per heavy atom. The van der Waals surface area contributed by atoms with E-state index in [1.807, 2.05) is 24.3 Å². The van der Waals surface area contributed by atoms with Gasteiger partial charge >= 0.3 is 0 Å². The van der Waals surface area contributed by atoms with Crippen molar-refractivity contribution in [1.82, 2.24) is 0 Å². The number of carbonyl (C=O) groups excluding carboxylic acids is 1. The van der Waals surface area contributed by atoms with Crippen LogP contribution in [-0.4, -0.2) is 18.8 Å². The van der Waals surface area contributed by atoms with Crippen LogP contribution in [0, 0.1) is 6.07 Å². The first-order valence-corrected chi connectivity index (χ1v) is 3.66. The molecular formula is C9H7N2O. The molecule has 0 spiro atoms. The summed E-state index contributed by atoms with van der Waals surface area (Å²) in [7, 11) is 0. The van der Waals surface area contributed by atoms with E-state index in [2.05, 4.69) is 11.1 Å². The molecule has 0 atom stereocenters. The smallest absolute Gasteiger partial charge is 0.267 e. The first-order chi connectivity index (χ1) is 5.86. The molecule has 0 saturated carbocycles. The molecule has 0 saturated heterocycles. The Kier molecular flexibility index (Phi) is 1.63. The maximum Gasteiger partial charge on any atom is 0.267 e. The second-order valence-electron chi connectivity index (χ2n) is 2.52. The van der Waals surface area contributed by atoms with Crippen molar-refractivity contribution in [2.45, 2.75) is 0 Å². The van der Waals surface area contributed by atoms with Gasteiger partial charge in [0.2, 0.25) is 0 Å². The Labute approximate surface area is 70.3 Å². The largest absolute Gasteiger partial charge is 0.323 e. The second kappa shape index (κ2) is 2.77. The quantitative estimate of drug-likeness (QED) is 0.608. The maximum absolute atomic E-state index is 10.8. The van der Waals surface area contributed by atoms with Crippen LogP contribution in [0.15, 0.2) is 29.3 Å². The van der Waals surface area contributed by atoms with E-state index in [-0.39, 0.29) is 5.91 Å². The lowest BCUT2D eigenvalue weighted by atomic mass is 10.3. The van der Waals surface area contributed by atoms with Gasteiger partial charge in [0, 0.05) is 5.69 Å². The molecule has 1 aromatic rings. The molecule has 0 aromatic heterocycles. The van der Waals surface area contributed by atoms with Crippen molar-refractivity contribution >= 4 is 17.9 Å². The Balaban J connectivity index is 2.23. The first kappa shape index (κ1) is 7.03. The van der Waals surface area contributed by atoms with E-state index in [4.69, 9.17) is 0 Å². The molecule has 1 aliphatic rings. The van der Waals surface area contributed by atoms with E-state index in [0.29, 0.717) is 6.54 Å². The number of anilines is 1. The van der Waals surface area contributed by atoms with Crippen molar-refractivity contribution < 1.29 is 4.79 Å². The van der Waals surface area contributed by atoms with Crippen LogP contribution in [0.4, 0.5) is 5.69 Å². The van der Waals surface area contributed by atoms with Gasteiger partial charge in [-0.1, -0.05) is 12.1 Å². The zero-order valence-electron chi connectivity index (χ0n) is 6.40. The van der Waals surface area contributed by atoms with Gasteiger partial charge in [-0.05, 0) is 18.2 Å². The molecule has 1 radical (unpaired) electrons. The molecule has 0 N–H and O–H groups in total. The number of hydrogen-bond donors (Lipinski definition) is 0. The van der Waals surface area contributed by atoms with Gasteiger partial charge in [0.15, 0.2) is 0 Å². The molecule has 12 heavy (non-hydrogen) atoms. The van der Waals surface area contributed by atoms with Crippen LogP contribution in [-0.2, 0) is 4.79 Å². The fourth-order valence-corrected chi connectivity index (χ4v) is 1.09. The van der Waals surface area contributed by atoms with Crippen molar-refractivity contribution in [3.63, 3.8) is 0 Å². The fourth-order valence-electron chi connectivity index (χ4n) is 1.09. The van der Waals surface area contributed by atoms with Crippen LogP contribution < -0.4 is 4.90 Å². The minimum atomic E-state index is -0.0946. The normalized spacial score (nSPS) is 15.7. The van der Waals surface area contributed by atoms with Crippen molar-refractivity contribution in [2.75, 3.05) is 11.4 Å². The third-order valence-electron chi connectivity index (χ3n) is 1.68. The van der Waals surface area contributed by atoms with E-state index >= 15 is 0 Å². The summed E-state index contributed by atoms with van der Waals surface area (Å²) in [6.07, 6.45) is 1.55. The van der Waals surface area contributed by atoms with Crippen LogP contribution >= 0.6 is 0 Å². The second-order valence-corrected chi connectivity index (χ2v) is 2.52. The number of nitrogens with zero attached hydrogens (tertiary/aromatic N) is 2. The third kappa shape index (κ3) is 1.21. The number of aliphatic imine (C=N–C) groups is 1. The molecule has 1 aliphatic heterocycles. The monoisotopic (exact) mass is 159 g/mol. The fraction of sp³-hybridized carbons (Fsp3) is 0.111. The predicted molar refractivity (Wildman–Crippen MR) is 46.1 cm³/mol. The van der Waals surface area contributed by atoms with Gasteiger partial charge in [0.1, 0.15) is 6.54 Å². The number of amides is 1. The Bertz CT molecular complexity index is 319. The summed E-state index contributed by atoms with van der Waals surface area (Å²) in [5.74, 6) is -0.0946. The Hall–Kier alpha value is -1.64. The SMILES string of the molecule is O=C1CN(c2cc[c]cc2)C=N1. The van der Waals surface area contributed by atoms with Gasteiger partial charge in [-0.25, -0.2) is 4.99 Å². The van der Waals surface area contributed by atoms with E-state index < -0.39 is 0 Å². The minimum absolute atomic E-state index is 0.0946. The molecule has 3 heteroatoms. The zero-order chi connectivity index (χ0) is 8.39. The molecule has 3 nitrogen and oxygen atoms in total. The lowest BCUT2D eigenvalue weighted by Gasteiger charge is -2.11. The van der Waals surface area contributed by atoms with E-state index in [1.54, 1.807) is 11.2 Å². The molecule has 2 rings (SSSR count). The number of rotatable bonds is 1. The van der Waals surface area contributed by atoms with Crippen molar-refractivity contribution in [1.29, 1.82) is 0 Å². The van der Waals surface area contributed by atoms with E-state index in [1.165, 1.54) is 0 Å². The highest BCUT2D eigenvalue weighted by atomic mass is 16.1. The van der Waals surface area contributed by atoms with Gasteiger partial charge in [0.25, 0.3) is 5.91 Å². The predicted octanol–water partition coefficient (Wildman–Crippen LogP) is 0.862. The molecule has 0 aliphatic carbocycles. The highest BCUT2D eigenvalue weighted by Gasteiger charge is 2.13. The highest BCUT2D eigenvalue weighted by Crippen LogP contribution is 2.13. The molecule has 59 valence electrons. The zero-order valence-corrected chi connectivity index (χ0v) is 6.40. The first-order valence-electron chi connectivity index (χ1n) is 3.66. The van der Waals surface area contributed by atoms with Crippen molar-refractivity contribution in [2.24, 2.45) is 4.99 Å². The molecule has 0 unspecified atom stereocenters. The summed E-state index contributed by atoms with van der Waals surface area (Å²) in [6, 6.07) is 10.3. The Morgan fingerprint density at radius 2 is 2.17 bits per heavy atom. The summed E-state index contributed by atoms with van der Waals surface area (Å²) < 4.78 is 0. The molecule has 0 bridgehead atoms. The van der Waals surface area contributed by atoms with Crippen LogP contribution in [0.3, 0.4) is 0 Å². The summed E-state index contributed by atoms with van der Waals surface area (Å²) in [6.45, 7) is 0.351. The summed E-state index contributed by atoms with van der Waals surface area (Å²) in [5, 5.41) is 0. The van der Waals surface area contributed by atoms with Crippen molar-refractivity contribution in [3.05, 3.63) is 30.3 Å². The third-order valence-corrected chi connectivity index (χ3v) is 1.68. The van der Waals surface area contributed by atoms with Crippen LogP contribution in [0.25, 0.3) is 0 Å². The molecular weight excluding hydrogens is 152 g/mol. The van der Waals surface area contributed by atoms with E-state index in [0.717, 1.165) is 5.69 Å². The number of carbonyl (C=O) groups is 1. The Morgan fingerprint density at radius 3 is 2.75 bits per heavy atom. The van der Waals surface area contributed by atoms with Gasteiger partial charge in [0.05, 0.1) is 6.34 Å². The average molecular weight is 159 g/mol. The average Bonchev–Trinajstić information content (AvgIpc) is 2.54. The maximum atomic E-state index is 10.8. The summed E-state index contributed by atoms with van der Waals surface area (Å²) in [5.41, 5.74) is 0.975. The topological polar surface area (TPSA) is 32.7 Å². The standard InChI is InChI=1S/C9H7N2O/c12-9-6-11(7-10-9)8-4-2-1-3-5-8/h2-5,7H,6H2. The van der Waals surface area contributed by atoms with E-state index in [9.17, 15) is 4.79 Å². The number of benzene rings is 1. The summed E-state index contributed by atoms with van der Waals surface area (Å²) in [4.78, 5) is 16.2. The number of hydrogen-bond acceptors (Lipinski definition) is 2. The van der Waals surface area contributed by atoms with Gasteiger partial charge in [-0.3, -0.25) is 4.79 Å².